The Kier molecular flexibility index (Phi) is 6.96. The Bertz CT molecular complexity index is 502. The second kappa shape index (κ2) is 8.73. The number of nitrogens with zero attached hydrogens (tertiary/aromatic N) is 1. The van der Waals surface area contributed by atoms with Gasteiger partial charge in [0, 0.05) is 18.0 Å². The van der Waals surface area contributed by atoms with Crippen LogP contribution >= 0.6 is 23.2 Å². The van der Waals surface area contributed by atoms with Gasteiger partial charge in [0.1, 0.15) is 0 Å². The number of likely N-dealkylation sites (tertiary alicyclic amines) is 1. The lowest BCUT2D eigenvalue weighted by molar-refractivity contribution is -0.116. The second-order valence-corrected chi connectivity index (χ2v) is 6.61. The maximum absolute atomic E-state index is 12.0. The zero-order valence-corrected chi connectivity index (χ0v) is 14.4. The van der Waals surface area contributed by atoms with Gasteiger partial charge in [-0.15, -0.1) is 0 Å². The molecule has 0 radical (unpaired) electrons. The van der Waals surface area contributed by atoms with Crippen LogP contribution in [0.3, 0.4) is 0 Å². The fourth-order valence-electron chi connectivity index (χ4n) is 2.77. The van der Waals surface area contributed by atoms with Crippen molar-refractivity contribution in [3.05, 3.63) is 28.2 Å². The number of nitrogens with one attached hydrogen (secondary N) is 2. The third-order valence-corrected chi connectivity index (χ3v) is 4.62. The maximum atomic E-state index is 12.0. The molecule has 2 rings (SSSR count). The molecular formula is C16H23Cl2N3O. The Morgan fingerprint density at radius 2 is 2.05 bits per heavy atom. The summed E-state index contributed by atoms with van der Waals surface area (Å²) in [6, 6.07) is 5.06. The lowest BCUT2D eigenvalue weighted by Gasteiger charge is -2.31. The van der Waals surface area contributed by atoms with Crippen molar-refractivity contribution in [2.24, 2.45) is 5.92 Å². The van der Waals surface area contributed by atoms with Crippen LogP contribution in [-0.2, 0) is 4.79 Å². The van der Waals surface area contributed by atoms with Crippen LogP contribution in [0.4, 0.5) is 5.69 Å². The van der Waals surface area contributed by atoms with E-state index in [2.05, 4.69) is 15.5 Å². The number of hydrogen-bond acceptors (Lipinski definition) is 3. The Morgan fingerprint density at radius 1 is 1.32 bits per heavy atom. The summed E-state index contributed by atoms with van der Waals surface area (Å²) in [7, 11) is 2.00. The normalized spacial score (nSPS) is 16.7. The van der Waals surface area contributed by atoms with Gasteiger partial charge in [-0.2, -0.15) is 0 Å². The first kappa shape index (κ1) is 17.5. The van der Waals surface area contributed by atoms with Crippen molar-refractivity contribution in [1.29, 1.82) is 0 Å². The molecule has 0 spiro atoms. The molecule has 0 aliphatic carbocycles. The van der Waals surface area contributed by atoms with Crippen molar-refractivity contribution in [1.82, 2.24) is 10.2 Å². The number of piperidine rings is 1. The number of anilines is 1. The molecule has 1 aromatic carbocycles. The molecule has 1 amide bonds. The largest absolute Gasteiger partial charge is 0.325 e. The minimum atomic E-state index is -0.0264. The van der Waals surface area contributed by atoms with Crippen molar-refractivity contribution in [3.8, 4) is 0 Å². The summed E-state index contributed by atoms with van der Waals surface area (Å²) >= 11 is 12.0. The highest BCUT2D eigenvalue weighted by molar-refractivity contribution is 6.35. The van der Waals surface area contributed by atoms with Crippen molar-refractivity contribution >= 4 is 34.8 Å². The number of carbonyl (C=O) groups excluding carboxylic acids is 1. The van der Waals surface area contributed by atoms with E-state index >= 15 is 0 Å². The van der Waals surface area contributed by atoms with Gasteiger partial charge in [-0.25, -0.2) is 0 Å². The number of halogens is 2. The first-order chi connectivity index (χ1) is 10.6. The molecule has 0 unspecified atom stereocenters. The molecule has 0 bridgehead atoms. The van der Waals surface area contributed by atoms with Gasteiger partial charge in [0.15, 0.2) is 0 Å². The lowest BCUT2D eigenvalue weighted by atomic mass is 9.97. The van der Waals surface area contributed by atoms with E-state index in [1.165, 1.54) is 12.8 Å². The highest BCUT2D eigenvalue weighted by Crippen LogP contribution is 2.25. The van der Waals surface area contributed by atoms with Crippen LogP contribution in [0.25, 0.3) is 0 Å². The molecule has 1 fully saturated rings. The maximum Gasteiger partial charge on any atom is 0.225 e. The number of benzene rings is 1. The zero-order valence-electron chi connectivity index (χ0n) is 12.9. The molecule has 1 heterocycles. The van der Waals surface area contributed by atoms with E-state index in [0.717, 1.165) is 32.1 Å². The first-order valence-corrected chi connectivity index (χ1v) is 8.46. The minimum Gasteiger partial charge on any atom is -0.325 e. The van der Waals surface area contributed by atoms with Crippen molar-refractivity contribution in [2.45, 2.75) is 19.3 Å². The summed E-state index contributed by atoms with van der Waals surface area (Å²) in [6.45, 7) is 4.01. The molecule has 1 aromatic rings. The molecule has 4 nitrogen and oxygen atoms in total. The highest BCUT2D eigenvalue weighted by atomic mass is 35.5. The van der Waals surface area contributed by atoms with Gasteiger partial charge in [0.25, 0.3) is 0 Å². The van der Waals surface area contributed by atoms with Gasteiger partial charge >= 0.3 is 0 Å². The second-order valence-electron chi connectivity index (χ2n) is 5.77. The Hall–Kier alpha value is -0.810. The molecule has 2 N–H and O–H groups in total. The number of carbonyl (C=O) groups is 1. The summed E-state index contributed by atoms with van der Waals surface area (Å²) in [5.41, 5.74) is 0.576. The summed E-state index contributed by atoms with van der Waals surface area (Å²) in [5, 5.41) is 7.13. The van der Waals surface area contributed by atoms with Gasteiger partial charge in [-0.3, -0.25) is 4.79 Å². The third-order valence-electron chi connectivity index (χ3n) is 4.06. The van der Waals surface area contributed by atoms with Crippen LogP contribution in [0.1, 0.15) is 19.3 Å². The lowest BCUT2D eigenvalue weighted by Crippen LogP contribution is -2.38. The topological polar surface area (TPSA) is 44.4 Å². The monoisotopic (exact) mass is 343 g/mol. The van der Waals surface area contributed by atoms with E-state index in [0.29, 0.717) is 22.2 Å². The Balaban J connectivity index is 1.73. The smallest absolute Gasteiger partial charge is 0.225 e. The third kappa shape index (κ3) is 5.43. The molecule has 0 aromatic heterocycles. The summed E-state index contributed by atoms with van der Waals surface area (Å²) in [5.74, 6) is 0.738. The van der Waals surface area contributed by atoms with Gasteiger partial charge in [-0.05, 0) is 63.6 Å². The summed E-state index contributed by atoms with van der Waals surface area (Å²) < 4.78 is 0. The van der Waals surface area contributed by atoms with Crippen LogP contribution in [-0.4, -0.2) is 44.0 Å². The number of rotatable bonds is 6. The van der Waals surface area contributed by atoms with E-state index < -0.39 is 0 Å². The zero-order chi connectivity index (χ0) is 15.9. The molecule has 0 saturated carbocycles. The molecule has 22 heavy (non-hydrogen) atoms. The quantitative estimate of drug-likeness (QED) is 0.833. The van der Waals surface area contributed by atoms with Crippen molar-refractivity contribution < 1.29 is 4.79 Å². The SMILES string of the molecule is CNCC1CCN(CCC(=O)Nc2cc(Cl)ccc2Cl)CC1. The van der Waals surface area contributed by atoms with Gasteiger partial charge in [-0.1, -0.05) is 23.2 Å². The van der Waals surface area contributed by atoms with Gasteiger partial charge in [0.05, 0.1) is 10.7 Å². The average molecular weight is 344 g/mol. The highest BCUT2D eigenvalue weighted by Gasteiger charge is 2.19. The molecule has 1 aliphatic heterocycles. The van der Waals surface area contributed by atoms with E-state index in [9.17, 15) is 4.79 Å². The predicted octanol–water partition coefficient (Wildman–Crippen LogP) is 3.25. The van der Waals surface area contributed by atoms with Gasteiger partial charge in [0.2, 0.25) is 5.91 Å². The van der Waals surface area contributed by atoms with E-state index in [1.54, 1.807) is 18.2 Å². The molecule has 1 saturated heterocycles. The van der Waals surface area contributed by atoms with Crippen LogP contribution in [0.5, 0.6) is 0 Å². The predicted molar refractivity (Wildman–Crippen MR) is 92.8 cm³/mol. The Labute approximate surface area is 142 Å². The van der Waals surface area contributed by atoms with Crippen LogP contribution in [0.2, 0.25) is 10.0 Å². The summed E-state index contributed by atoms with van der Waals surface area (Å²) in [6.07, 6.45) is 2.87. The number of amides is 1. The molecule has 122 valence electrons. The summed E-state index contributed by atoms with van der Waals surface area (Å²) in [4.78, 5) is 14.4. The van der Waals surface area contributed by atoms with Crippen LogP contribution < -0.4 is 10.6 Å². The molecule has 6 heteroatoms. The number of hydrogen-bond donors (Lipinski definition) is 2. The van der Waals surface area contributed by atoms with Crippen LogP contribution in [0.15, 0.2) is 18.2 Å². The van der Waals surface area contributed by atoms with Crippen molar-refractivity contribution in [2.75, 3.05) is 38.5 Å². The van der Waals surface area contributed by atoms with E-state index in [-0.39, 0.29) is 5.91 Å². The standard InChI is InChI=1S/C16H23Cl2N3O/c1-19-11-12-4-7-21(8-5-12)9-6-16(22)20-15-10-13(17)2-3-14(15)18/h2-3,10,12,19H,4-9,11H2,1H3,(H,20,22). The van der Waals surface area contributed by atoms with Crippen molar-refractivity contribution in [3.63, 3.8) is 0 Å². The van der Waals surface area contributed by atoms with E-state index in [4.69, 9.17) is 23.2 Å². The first-order valence-electron chi connectivity index (χ1n) is 7.70. The fraction of sp³-hybridized carbons (Fsp3) is 0.562. The molecule has 1 aliphatic rings. The minimum absolute atomic E-state index is 0.0264. The van der Waals surface area contributed by atoms with Gasteiger partial charge < -0.3 is 15.5 Å². The fourth-order valence-corrected chi connectivity index (χ4v) is 3.11. The Morgan fingerprint density at radius 3 is 2.73 bits per heavy atom. The molecular weight excluding hydrogens is 321 g/mol. The average Bonchev–Trinajstić information content (AvgIpc) is 2.51. The molecule has 0 atom stereocenters. The van der Waals surface area contributed by atoms with Crippen LogP contribution in [0, 0.1) is 5.92 Å². The van der Waals surface area contributed by atoms with E-state index in [1.807, 2.05) is 7.05 Å².